The lowest BCUT2D eigenvalue weighted by Gasteiger charge is -2.12. The summed E-state index contributed by atoms with van der Waals surface area (Å²) in [6.45, 7) is -0.217. The second kappa shape index (κ2) is 7.35. The van der Waals surface area contributed by atoms with Crippen LogP contribution in [0.4, 0.5) is 15.9 Å². The van der Waals surface area contributed by atoms with Gasteiger partial charge in [-0.05, 0) is 30.3 Å². The molecule has 1 heterocycles. The van der Waals surface area contributed by atoms with Gasteiger partial charge in [0.2, 0.25) is 5.91 Å². The Morgan fingerprint density at radius 3 is 2.61 bits per heavy atom. The molecule has 2 amide bonds. The van der Waals surface area contributed by atoms with Crippen LogP contribution in [0.2, 0.25) is 0 Å². The number of hydrogen-bond acceptors (Lipinski definition) is 4. The third kappa shape index (κ3) is 4.77. The number of halogens is 1. The van der Waals surface area contributed by atoms with Gasteiger partial charge in [0.15, 0.2) is 0 Å². The van der Waals surface area contributed by atoms with Crippen molar-refractivity contribution in [3.63, 3.8) is 0 Å². The molecule has 0 spiro atoms. The van der Waals surface area contributed by atoms with Gasteiger partial charge >= 0.3 is 0 Å². The van der Waals surface area contributed by atoms with Crippen LogP contribution in [-0.2, 0) is 4.79 Å². The summed E-state index contributed by atoms with van der Waals surface area (Å²) in [5.41, 5.74) is 0.690. The molecule has 1 aromatic carbocycles. The van der Waals surface area contributed by atoms with E-state index in [1.807, 2.05) is 19.0 Å². The van der Waals surface area contributed by atoms with E-state index in [9.17, 15) is 14.0 Å². The molecule has 0 aliphatic heterocycles. The monoisotopic (exact) mass is 316 g/mol. The number of carbonyl (C=O) groups is 2. The van der Waals surface area contributed by atoms with Gasteiger partial charge in [-0.25, -0.2) is 9.37 Å². The van der Waals surface area contributed by atoms with Crippen LogP contribution in [0.25, 0.3) is 0 Å². The smallest absolute Gasteiger partial charge is 0.251 e. The molecule has 0 bridgehead atoms. The van der Waals surface area contributed by atoms with E-state index in [1.165, 1.54) is 24.4 Å². The molecule has 0 fully saturated rings. The highest BCUT2D eigenvalue weighted by molar-refractivity contribution is 5.99. The molecule has 0 aliphatic rings. The fraction of sp³-hybridized carbons (Fsp3) is 0.188. The fourth-order valence-electron chi connectivity index (χ4n) is 1.82. The van der Waals surface area contributed by atoms with Crippen molar-refractivity contribution in [2.45, 2.75) is 0 Å². The first-order chi connectivity index (χ1) is 11.0. The summed E-state index contributed by atoms with van der Waals surface area (Å²) in [6, 6.07) is 8.74. The van der Waals surface area contributed by atoms with Gasteiger partial charge in [0, 0.05) is 19.7 Å². The fourth-order valence-corrected chi connectivity index (χ4v) is 1.82. The molecule has 2 N–H and O–H groups in total. The van der Waals surface area contributed by atoms with E-state index in [0.29, 0.717) is 5.69 Å². The molecule has 0 aliphatic carbocycles. The lowest BCUT2D eigenvalue weighted by molar-refractivity contribution is -0.115. The Kier molecular flexibility index (Phi) is 5.24. The van der Waals surface area contributed by atoms with Crippen LogP contribution in [0.3, 0.4) is 0 Å². The van der Waals surface area contributed by atoms with Crippen molar-refractivity contribution in [3.05, 3.63) is 54.0 Å². The zero-order valence-corrected chi connectivity index (χ0v) is 12.8. The number of pyridine rings is 1. The van der Waals surface area contributed by atoms with Gasteiger partial charge in [0.1, 0.15) is 11.6 Å². The highest BCUT2D eigenvalue weighted by Crippen LogP contribution is 2.11. The molecule has 0 saturated carbocycles. The Balaban J connectivity index is 1.86. The Morgan fingerprint density at radius 2 is 2.00 bits per heavy atom. The van der Waals surface area contributed by atoms with Crippen LogP contribution in [0.5, 0.6) is 0 Å². The van der Waals surface area contributed by atoms with Crippen molar-refractivity contribution in [3.8, 4) is 0 Å². The molecule has 6 nitrogen and oxygen atoms in total. The molecule has 2 rings (SSSR count). The number of benzene rings is 1. The molecule has 120 valence electrons. The molecule has 1 aromatic heterocycles. The summed E-state index contributed by atoms with van der Waals surface area (Å²) >= 11 is 0. The highest BCUT2D eigenvalue weighted by atomic mass is 19.1. The van der Waals surface area contributed by atoms with E-state index in [4.69, 9.17) is 0 Å². The maximum absolute atomic E-state index is 13.0. The molecular formula is C16H17FN4O2. The van der Waals surface area contributed by atoms with Crippen LogP contribution in [-0.4, -0.2) is 37.4 Å². The Bertz CT molecular complexity index is 701. The number of aromatic nitrogens is 1. The van der Waals surface area contributed by atoms with Crippen molar-refractivity contribution in [2.75, 3.05) is 30.9 Å². The average Bonchev–Trinajstić information content (AvgIpc) is 2.53. The lowest BCUT2D eigenvalue weighted by Crippen LogP contribution is -2.32. The average molecular weight is 316 g/mol. The Morgan fingerprint density at radius 1 is 1.22 bits per heavy atom. The first-order valence-electron chi connectivity index (χ1n) is 6.92. The minimum Gasteiger partial charge on any atom is -0.363 e. The van der Waals surface area contributed by atoms with E-state index < -0.39 is 17.6 Å². The van der Waals surface area contributed by atoms with Crippen LogP contribution in [0.1, 0.15) is 10.4 Å². The first kappa shape index (κ1) is 16.4. The second-order valence-corrected chi connectivity index (χ2v) is 5.04. The first-order valence-corrected chi connectivity index (χ1v) is 6.92. The third-order valence-corrected chi connectivity index (χ3v) is 2.99. The van der Waals surface area contributed by atoms with Crippen LogP contribution in [0, 0.1) is 5.82 Å². The number of nitrogens with one attached hydrogen (secondary N) is 2. The molecule has 7 heteroatoms. The maximum atomic E-state index is 13.0. The van der Waals surface area contributed by atoms with Gasteiger partial charge in [-0.15, -0.1) is 0 Å². The van der Waals surface area contributed by atoms with E-state index in [0.717, 1.165) is 11.9 Å². The van der Waals surface area contributed by atoms with Crippen molar-refractivity contribution in [1.82, 2.24) is 10.3 Å². The summed E-state index contributed by atoms with van der Waals surface area (Å²) in [6.07, 6.45) is 1.53. The van der Waals surface area contributed by atoms with Crippen molar-refractivity contribution in [1.29, 1.82) is 0 Å². The number of rotatable bonds is 5. The maximum Gasteiger partial charge on any atom is 0.251 e. The highest BCUT2D eigenvalue weighted by Gasteiger charge is 2.09. The van der Waals surface area contributed by atoms with Crippen LogP contribution < -0.4 is 15.5 Å². The number of anilines is 2. The third-order valence-electron chi connectivity index (χ3n) is 2.99. The van der Waals surface area contributed by atoms with Gasteiger partial charge in [-0.1, -0.05) is 6.07 Å². The molecule has 23 heavy (non-hydrogen) atoms. The summed E-state index contributed by atoms with van der Waals surface area (Å²) in [5, 5.41) is 5.05. The Hall–Kier alpha value is -2.96. The van der Waals surface area contributed by atoms with Crippen LogP contribution >= 0.6 is 0 Å². The zero-order chi connectivity index (χ0) is 16.8. The zero-order valence-electron chi connectivity index (χ0n) is 12.8. The molecule has 0 saturated heterocycles. The largest absolute Gasteiger partial charge is 0.363 e. The Labute approximate surface area is 133 Å². The van der Waals surface area contributed by atoms with E-state index in [2.05, 4.69) is 15.6 Å². The van der Waals surface area contributed by atoms with Gasteiger partial charge in [0.25, 0.3) is 5.91 Å². The molecule has 0 radical (unpaired) electrons. The van der Waals surface area contributed by atoms with Crippen LogP contribution in [0.15, 0.2) is 42.6 Å². The predicted molar refractivity (Wildman–Crippen MR) is 85.9 cm³/mol. The van der Waals surface area contributed by atoms with Crippen molar-refractivity contribution >= 4 is 23.3 Å². The molecule has 0 unspecified atom stereocenters. The van der Waals surface area contributed by atoms with Gasteiger partial charge in [0.05, 0.1) is 18.4 Å². The summed E-state index contributed by atoms with van der Waals surface area (Å²) < 4.78 is 13.0. The summed E-state index contributed by atoms with van der Waals surface area (Å²) in [5.74, 6) is -0.647. The minimum atomic E-state index is -0.513. The van der Waals surface area contributed by atoms with E-state index in [-0.39, 0.29) is 12.1 Å². The summed E-state index contributed by atoms with van der Waals surface area (Å²) in [7, 11) is 3.73. The van der Waals surface area contributed by atoms with Crippen molar-refractivity contribution in [2.24, 2.45) is 0 Å². The quantitative estimate of drug-likeness (QED) is 0.880. The number of amides is 2. The molecule has 0 atom stereocenters. The molecule has 2 aromatic rings. The predicted octanol–water partition coefficient (Wildman–Crippen LogP) is 1.66. The van der Waals surface area contributed by atoms with E-state index in [1.54, 1.807) is 12.1 Å². The van der Waals surface area contributed by atoms with Gasteiger partial charge in [-0.2, -0.15) is 0 Å². The standard InChI is InChI=1S/C16H17FN4O2/c1-21(2)14-7-6-13(9-18-14)20-15(22)10-19-16(23)11-4-3-5-12(17)8-11/h3-9H,10H2,1-2H3,(H,19,23)(H,20,22). The number of hydrogen-bond donors (Lipinski definition) is 2. The SMILES string of the molecule is CN(C)c1ccc(NC(=O)CNC(=O)c2cccc(F)c2)cn1. The second-order valence-electron chi connectivity index (χ2n) is 5.04. The topological polar surface area (TPSA) is 74.3 Å². The number of nitrogens with zero attached hydrogens (tertiary/aromatic N) is 2. The van der Waals surface area contributed by atoms with Gasteiger partial charge < -0.3 is 15.5 Å². The normalized spacial score (nSPS) is 10.0. The van der Waals surface area contributed by atoms with E-state index >= 15 is 0 Å². The lowest BCUT2D eigenvalue weighted by atomic mass is 10.2. The summed E-state index contributed by atoms with van der Waals surface area (Å²) in [4.78, 5) is 29.6. The van der Waals surface area contributed by atoms with Crippen molar-refractivity contribution < 1.29 is 14.0 Å². The number of carbonyl (C=O) groups excluding carboxylic acids is 2. The minimum absolute atomic E-state index is 0.162. The van der Waals surface area contributed by atoms with Gasteiger partial charge in [-0.3, -0.25) is 9.59 Å². The molecular weight excluding hydrogens is 299 g/mol.